The molecule has 1 spiro atoms. The first-order valence-electron chi connectivity index (χ1n) is 8.10. The zero-order chi connectivity index (χ0) is 16.7. The van der Waals surface area contributed by atoms with E-state index in [2.05, 4.69) is 17.2 Å². The van der Waals surface area contributed by atoms with E-state index in [1.165, 1.54) is 12.1 Å². The molecule has 3 rings (SSSR count). The molecule has 1 aromatic rings. The van der Waals surface area contributed by atoms with Crippen LogP contribution in [0.25, 0.3) is 0 Å². The molecule has 2 aliphatic rings. The number of halogens is 1. The number of ether oxygens (including phenoxy) is 1. The molecule has 1 fully saturated rings. The SMILES string of the molecule is CCCCN=C1NC2(CC(C)(C)Oc3ccc(F)cc32)ON1C. The molecule has 0 amide bonds. The minimum atomic E-state index is -0.848. The molecule has 126 valence electrons. The van der Waals surface area contributed by atoms with Crippen molar-refractivity contribution in [1.82, 2.24) is 10.4 Å². The normalized spacial score (nSPS) is 27.0. The summed E-state index contributed by atoms with van der Waals surface area (Å²) in [6.45, 7) is 6.86. The van der Waals surface area contributed by atoms with E-state index < -0.39 is 11.3 Å². The minimum Gasteiger partial charge on any atom is -0.487 e. The van der Waals surface area contributed by atoms with Crippen LogP contribution in [0.5, 0.6) is 5.75 Å². The van der Waals surface area contributed by atoms with Gasteiger partial charge in [-0.1, -0.05) is 13.3 Å². The van der Waals surface area contributed by atoms with Crippen molar-refractivity contribution in [2.24, 2.45) is 4.99 Å². The van der Waals surface area contributed by atoms with Gasteiger partial charge in [0.05, 0.1) is 5.56 Å². The summed E-state index contributed by atoms with van der Waals surface area (Å²) in [5, 5.41) is 4.99. The van der Waals surface area contributed by atoms with Gasteiger partial charge in [0.15, 0.2) is 0 Å². The topological polar surface area (TPSA) is 46.1 Å². The van der Waals surface area contributed by atoms with Crippen molar-refractivity contribution in [3.8, 4) is 5.75 Å². The highest BCUT2D eigenvalue weighted by molar-refractivity contribution is 5.81. The lowest BCUT2D eigenvalue weighted by Gasteiger charge is -2.42. The van der Waals surface area contributed by atoms with Crippen molar-refractivity contribution in [1.29, 1.82) is 0 Å². The molecule has 1 aromatic carbocycles. The van der Waals surface area contributed by atoms with Crippen LogP contribution in [-0.2, 0) is 10.6 Å². The molecule has 1 atom stereocenters. The second-order valence-electron chi connectivity index (χ2n) is 6.78. The van der Waals surface area contributed by atoms with Crippen LogP contribution < -0.4 is 10.1 Å². The third kappa shape index (κ3) is 3.00. The van der Waals surface area contributed by atoms with Gasteiger partial charge in [-0.05, 0) is 38.5 Å². The number of rotatable bonds is 3. The average Bonchev–Trinajstić information content (AvgIpc) is 2.76. The van der Waals surface area contributed by atoms with Crippen molar-refractivity contribution in [3.05, 3.63) is 29.6 Å². The Kier molecular flexibility index (Phi) is 3.96. The maximum atomic E-state index is 13.8. The van der Waals surface area contributed by atoms with Gasteiger partial charge in [0.25, 0.3) is 0 Å². The van der Waals surface area contributed by atoms with E-state index in [0.717, 1.165) is 19.4 Å². The molecule has 0 radical (unpaired) electrons. The zero-order valence-corrected chi connectivity index (χ0v) is 14.1. The Labute approximate surface area is 136 Å². The fourth-order valence-corrected chi connectivity index (χ4v) is 3.17. The van der Waals surface area contributed by atoms with Crippen LogP contribution in [0.4, 0.5) is 4.39 Å². The highest BCUT2D eigenvalue weighted by atomic mass is 19.1. The third-order valence-corrected chi connectivity index (χ3v) is 4.12. The second kappa shape index (κ2) is 5.67. The molecule has 5 nitrogen and oxygen atoms in total. The van der Waals surface area contributed by atoms with E-state index in [9.17, 15) is 4.39 Å². The smallest absolute Gasteiger partial charge is 0.220 e. The fraction of sp³-hybridized carbons (Fsp3) is 0.588. The number of unbranched alkanes of at least 4 members (excludes halogenated alkanes) is 1. The molecular weight excluding hydrogens is 297 g/mol. The summed E-state index contributed by atoms with van der Waals surface area (Å²) in [7, 11) is 1.81. The van der Waals surface area contributed by atoms with Crippen LogP contribution in [0, 0.1) is 5.82 Å². The molecule has 0 aliphatic carbocycles. The lowest BCUT2D eigenvalue weighted by molar-refractivity contribution is -0.199. The zero-order valence-electron chi connectivity index (χ0n) is 14.1. The summed E-state index contributed by atoms with van der Waals surface area (Å²) in [6, 6.07) is 4.54. The number of benzene rings is 1. The Hall–Kier alpha value is -1.82. The van der Waals surface area contributed by atoms with Crippen LogP contribution in [0.1, 0.15) is 45.6 Å². The van der Waals surface area contributed by atoms with E-state index in [1.54, 1.807) is 11.1 Å². The molecule has 2 aliphatic heterocycles. The van der Waals surface area contributed by atoms with Gasteiger partial charge in [0.2, 0.25) is 11.7 Å². The Balaban J connectivity index is 1.98. The van der Waals surface area contributed by atoms with E-state index in [0.29, 0.717) is 23.7 Å². The first kappa shape index (κ1) is 16.1. The predicted octanol–water partition coefficient (Wildman–Crippen LogP) is 3.16. The molecule has 1 unspecified atom stereocenters. The summed E-state index contributed by atoms with van der Waals surface area (Å²) in [5.74, 6) is 1.00. The van der Waals surface area contributed by atoms with Crippen LogP contribution >= 0.6 is 0 Å². The van der Waals surface area contributed by atoms with Crippen molar-refractivity contribution >= 4 is 5.96 Å². The van der Waals surface area contributed by atoms with E-state index >= 15 is 0 Å². The summed E-state index contributed by atoms with van der Waals surface area (Å²) in [5.41, 5.74) is -0.611. The summed E-state index contributed by atoms with van der Waals surface area (Å²) in [6.07, 6.45) is 2.65. The molecule has 1 saturated heterocycles. The second-order valence-corrected chi connectivity index (χ2v) is 6.78. The maximum Gasteiger partial charge on any atom is 0.220 e. The monoisotopic (exact) mass is 321 g/mol. The number of guanidine groups is 1. The quantitative estimate of drug-likeness (QED) is 0.869. The first-order chi connectivity index (χ1) is 10.9. The number of hydrogen-bond donors (Lipinski definition) is 1. The highest BCUT2D eigenvalue weighted by Crippen LogP contribution is 2.46. The number of nitrogens with one attached hydrogen (secondary N) is 1. The number of aliphatic imine (C=N–C) groups is 1. The average molecular weight is 321 g/mol. The lowest BCUT2D eigenvalue weighted by atomic mass is 9.86. The minimum absolute atomic E-state index is 0.309. The molecule has 1 N–H and O–H groups in total. The van der Waals surface area contributed by atoms with Crippen LogP contribution in [0.2, 0.25) is 0 Å². The highest BCUT2D eigenvalue weighted by Gasteiger charge is 2.52. The molecule has 0 saturated carbocycles. The van der Waals surface area contributed by atoms with Gasteiger partial charge in [0.1, 0.15) is 17.2 Å². The Morgan fingerprint density at radius 3 is 2.91 bits per heavy atom. The van der Waals surface area contributed by atoms with Gasteiger partial charge in [-0.2, -0.15) is 0 Å². The Morgan fingerprint density at radius 1 is 1.39 bits per heavy atom. The standard InChI is InChI=1S/C17H24FN3O2/c1-5-6-9-19-15-20-17(23-21(15)4)11-16(2,3)22-14-8-7-12(18)10-13(14)17/h7-8,10H,5-6,9,11H2,1-4H3,(H,19,20). The lowest BCUT2D eigenvalue weighted by Crippen LogP contribution is -2.51. The van der Waals surface area contributed by atoms with Gasteiger partial charge < -0.3 is 10.1 Å². The number of fused-ring (bicyclic) bond motifs is 2. The van der Waals surface area contributed by atoms with E-state index in [-0.39, 0.29) is 5.82 Å². The number of hydroxylamine groups is 2. The Morgan fingerprint density at radius 2 is 2.17 bits per heavy atom. The third-order valence-electron chi connectivity index (χ3n) is 4.12. The van der Waals surface area contributed by atoms with Gasteiger partial charge in [-0.3, -0.25) is 4.99 Å². The number of hydrogen-bond acceptors (Lipinski definition) is 3. The van der Waals surface area contributed by atoms with Crippen LogP contribution in [-0.4, -0.2) is 30.2 Å². The predicted molar refractivity (Wildman–Crippen MR) is 86.6 cm³/mol. The summed E-state index contributed by atoms with van der Waals surface area (Å²) < 4.78 is 19.8. The van der Waals surface area contributed by atoms with Crippen molar-refractivity contribution in [2.75, 3.05) is 13.6 Å². The number of nitrogens with zero attached hydrogens (tertiary/aromatic N) is 2. The molecule has 0 bridgehead atoms. The van der Waals surface area contributed by atoms with Crippen molar-refractivity contribution in [3.63, 3.8) is 0 Å². The molecule has 6 heteroatoms. The molecule has 23 heavy (non-hydrogen) atoms. The van der Waals surface area contributed by atoms with Crippen LogP contribution in [0.15, 0.2) is 23.2 Å². The molecular formula is C17H24FN3O2. The fourth-order valence-electron chi connectivity index (χ4n) is 3.17. The first-order valence-corrected chi connectivity index (χ1v) is 8.10. The maximum absolute atomic E-state index is 13.8. The Bertz CT molecular complexity index is 632. The van der Waals surface area contributed by atoms with Gasteiger partial charge in [-0.25, -0.2) is 14.3 Å². The van der Waals surface area contributed by atoms with Gasteiger partial charge in [-0.15, -0.1) is 0 Å². The molecule has 2 heterocycles. The van der Waals surface area contributed by atoms with E-state index in [4.69, 9.17) is 9.57 Å². The largest absolute Gasteiger partial charge is 0.487 e. The van der Waals surface area contributed by atoms with Crippen molar-refractivity contribution < 1.29 is 14.0 Å². The van der Waals surface area contributed by atoms with E-state index in [1.807, 2.05) is 20.9 Å². The van der Waals surface area contributed by atoms with Gasteiger partial charge in [0, 0.05) is 20.0 Å². The van der Waals surface area contributed by atoms with Crippen LogP contribution in [0.3, 0.4) is 0 Å². The summed E-state index contributed by atoms with van der Waals surface area (Å²) >= 11 is 0. The molecule has 0 aromatic heterocycles. The summed E-state index contributed by atoms with van der Waals surface area (Å²) in [4.78, 5) is 10.7. The van der Waals surface area contributed by atoms with Gasteiger partial charge >= 0.3 is 0 Å². The van der Waals surface area contributed by atoms with Crippen molar-refractivity contribution in [2.45, 2.75) is 51.4 Å².